The van der Waals surface area contributed by atoms with Gasteiger partial charge < -0.3 is 15.0 Å². The lowest BCUT2D eigenvalue weighted by Crippen LogP contribution is -2.49. The lowest BCUT2D eigenvalue weighted by atomic mass is 10.0. The van der Waals surface area contributed by atoms with Crippen molar-refractivity contribution in [2.45, 2.75) is 33.2 Å². The molecule has 136 valence electrons. The summed E-state index contributed by atoms with van der Waals surface area (Å²) in [6.07, 6.45) is 1.08. The summed E-state index contributed by atoms with van der Waals surface area (Å²) in [7, 11) is 0. The van der Waals surface area contributed by atoms with Crippen molar-refractivity contribution in [3.8, 4) is 0 Å². The van der Waals surface area contributed by atoms with Crippen LogP contribution in [0.2, 0.25) is 0 Å². The van der Waals surface area contributed by atoms with Gasteiger partial charge in [0.05, 0.1) is 13.2 Å². The molecule has 1 aromatic heterocycles. The molecule has 1 aliphatic heterocycles. The zero-order chi connectivity index (χ0) is 17.8. The molecule has 0 radical (unpaired) electrons. The molecule has 5 heteroatoms. The maximum absolute atomic E-state index is 12.6. The van der Waals surface area contributed by atoms with E-state index in [0.717, 1.165) is 43.6 Å². The number of hydrogen-bond acceptors (Lipinski definition) is 3. The van der Waals surface area contributed by atoms with E-state index in [-0.39, 0.29) is 5.91 Å². The zero-order valence-corrected chi connectivity index (χ0v) is 15.5. The average Bonchev–Trinajstić information content (AvgIpc) is 3.02. The van der Waals surface area contributed by atoms with Crippen molar-refractivity contribution in [2.75, 3.05) is 32.8 Å². The molecule has 0 bridgehead atoms. The number of hydrogen-bond donors (Lipinski definition) is 2. The Hall–Kier alpha value is -1.85. The van der Waals surface area contributed by atoms with Crippen molar-refractivity contribution >= 4 is 16.8 Å². The van der Waals surface area contributed by atoms with E-state index in [1.54, 1.807) is 0 Å². The Morgan fingerprint density at radius 1 is 1.28 bits per heavy atom. The van der Waals surface area contributed by atoms with Crippen LogP contribution in [0.1, 0.15) is 36.3 Å². The maximum atomic E-state index is 12.6. The van der Waals surface area contributed by atoms with Crippen LogP contribution in [-0.4, -0.2) is 54.7 Å². The smallest absolute Gasteiger partial charge is 0.267 e. The second kappa shape index (κ2) is 8.02. The molecule has 5 nitrogen and oxygen atoms in total. The number of fused-ring (bicyclic) bond motifs is 1. The second-order valence-electron chi connectivity index (χ2n) is 7.42. The molecule has 1 amide bonds. The molecule has 0 aliphatic carbocycles. The van der Waals surface area contributed by atoms with E-state index in [1.807, 2.05) is 12.1 Å². The highest BCUT2D eigenvalue weighted by Crippen LogP contribution is 2.17. The van der Waals surface area contributed by atoms with Crippen LogP contribution < -0.4 is 5.32 Å². The van der Waals surface area contributed by atoms with Crippen LogP contribution in [0.15, 0.2) is 24.3 Å². The van der Waals surface area contributed by atoms with Crippen LogP contribution in [0, 0.1) is 12.8 Å². The second-order valence-corrected chi connectivity index (χ2v) is 7.42. The van der Waals surface area contributed by atoms with Gasteiger partial charge in [-0.1, -0.05) is 25.5 Å². The Balaban J connectivity index is 1.64. The monoisotopic (exact) mass is 343 g/mol. The first kappa shape index (κ1) is 18.0. The molecular weight excluding hydrogens is 314 g/mol. The summed E-state index contributed by atoms with van der Waals surface area (Å²) in [5, 5.41) is 4.21. The molecule has 1 fully saturated rings. The summed E-state index contributed by atoms with van der Waals surface area (Å²) in [5.74, 6) is 0.566. The Morgan fingerprint density at radius 3 is 2.76 bits per heavy atom. The molecular formula is C20H29N3O2. The number of benzene rings is 1. The molecule has 1 aliphatic rings. The van der Waals surface area contributed by atoms with Crippen LogP contribution in [0.4, 0.5) is 0 Å². The Bertz CT molecular complexity index is 717. The molecule has 3 rings (SSSR count). The standard InChI is InChI=1S/C20H29N3O2/c1-14(2)10-17(23-6-8-25-9-7-23)13-21-20(24)19-12-16-11-15(3)4-5-18(16)22-19/h4-5,11-12,14,17,22H,6-10,13H2,1-3H3,(H,21,24). The van der Waals surface area contributed by atoms with E-state index in [9.17, 15) is 4.79 Å². The summed E-state index contributed by atoms with van der Waals surface area (Å²) >= 11 is 0. The van der Waals surface area contributed by atoms with Crippen molar-refractivity contribution in [3.05, 3.63) is 35.5 Å². The van der Waals surface area contributed by atoms with Gasteiger partial charge in [-0.15, -0.1) is 0 Å². The molecule has 0 spiro atoms. The third-order valence-corrected chi connectivity index (χ3v) is 4.82. The van der Waals surface area contributed by atoms with Crippen molar-refractivity contribution in [2.24, 2.45) is 5.92 Å². The number of nitrogens with one attached hydrogen (secondary N) is 2. The summed E-state index contributed by atoms with van der Waals surface area (Å²) in [6, 6.07) is 8.47. The molecule has 1 atom stereocenters. The van der Waals surface area contributed by atoms with Gasteiger partial charge in [0.1, 0.15) is 5.69 Å². The van der Waals surface area contributed by atoms with Crippen molar-refractivity contribution in [3.63, 3.8) is 0 Å². The van der Waals surface area contributed by atoms with Gasteiger partial charge in [-0.2, -0.15) is 0 Å². The Kier molecular flexibility index (Phi) is 5.76. The van der Waals surface area contributed by atoms with E-state index in [2.05, 4.69) is 48.1 Å². The molecule has 0 saturated carbocycles. The lowest BCUT2D eigenvalue weighted by molar-refractivity contribution is 0.0124. The number of carbonyl (C=O) groups excluding carboxylic acids is 1. The third kappa shape index (κ3) is 4.61. The molecule has 1 aromatic carbocycles. The van der Waals surface area contributed by atoms with Crippen LogP contribution >= 0.6 is 0 Å². The summed E-state index contributed by atoms with van der Waals surface area (Å²) in [6.45, 7) is 10.6. The first-order valence-corrected chi connectivity index (χ1v) is 9.22. The number of amides is 1. The molecule has 2 aromatic rings. The van der Waals surface area contributed by atoms with Gasteiger partial charge in [-0.3, -0.25) is 9.69 Å². The van der Waals surface area contributed by atoms with Crippen LogP contribution in [0.5, 0.6) is 0 Å². The predicted molar refractivity (Wildman–Crippen MR) is 101 cm³/mol. The molecule has 2 N–H and O–H groups in total. The van der Waals surface area contributed by atoms with Crippen LogP contribution in [0.3, 0.4) is 0 Å². The van der Waals surface area contributed by atoms with Gasteiger partial charge in [0.2, 0.25) is 0 Å². The number of nitrogens with zero attached hydrogens (tertiary/aromatic N) is 1. The molecule has 25 heavy (non-hydrogen) atoms. The quantitative estimate of drug-likeness (QED) is 0.848. The minimum atomic E-state index is -0.0316. The van der Waals surface area contributed by atoms with Crippen LogP contribution in [-0.2, 0) is 4.74 Å². The highest BCUT2D eigenvalue weighted by atomic mass is 16.5. The van der Waals surface area contributed by atoms with Gasteiger partial charge in [0, 0.05) is 36.6 Å². The number of aromatic nitrogens is 1. The third-order valence-electron chi connectivity index (χ3n) is 4.82. The summed E-state index contributed by atoms with van der Waals surface area (Å²) in [5.41, 5.74) is 2.83. The van der Waals surface area contributed by atoms with Crippen LogP contribution in [0.25, 0.3) is 10.9 Å². The largest absolute Gasteiger partial charge is 0.379 e. The highest BCUT2D eigenvalue weighted by molar-refractivity contribution is 5.98. The number of carbonyl (C=O) groups is 1. The molecule has 2 heterocycles. The van der Waals surface area contributed by atoms with Gasteiger partial charge in [0.25, 0.3) is 5.91 Å². The van der Waals surface area contributed by atoms with E-state index in [1.165, 1.54) is 5.56 Å². The van der Waals surface area contributed by atoms with Crippen molar-refractivity contribution in [1.29, 1.82) is 0 Å². The SMILES string of the molecule is Cc1ccc2[nH]c(C(=O)NCC(CC(C)C)N3CCOCC3)cc2c1. The van der Waals surface area contributed by atoms with E-state index in [0.29, 0.717) is 24.2 Å². The Labute approximate surface area is 149 Å². The fourth-order valence-corrected chi connectivity index (χ4v) is 3.53. The zero-order valence-electron chi connectivity index (χ0n) is 15.5. The molecule has 1 unspecified atom stereocenters. The van der Waals surface area contributed by atoms with E-state index in [4.69, 9.17) is 4.74 Å². The number of morpholine rings is 1. The minimum Gasteiger partial charge on any atom is -0.379 e. The van der Waals surface area contributed by atoms with Gasteiger partial charge >= 0.3 is 0 Å². The predicted octanol–water partition coefficient (Wildman–Crippen LogP) is 2.95. The number of H-pyrrole nitrogens is 1. The maximum Gasteiger partial charge on any atom is 0.267 e. The lowest BCUT2D eigenvalue weighted by Gasteiger charge is -2.35. The normalized spacial score (nSPS) is 17.1. The average molecular weight is 343 g/mol. The highest BCUT2D eigenvalue weighted by Gasteiger charge is 2.23. The molecule has 1 saturated heterocycles. The first-order chi connectivity index (χ1) is 12.0. The first-order valence-electron chi connectivity index (χ1n) is 9.22. The number of aromatic amines is 1. The van der Waals surface area contributed by atoms with Crippen molar-refractivity contribution < 1.29 is 9.53 Å². The topological polar surface area (TPSA) is 57.4 Å². The van der Waals surface area contributed by atoms with E-state index < -0.39 is 0 Å². The van der Waals surface area contributed by atoms with Gasteiger partial charge in [-0.05, 0) is 37.5 Å². The van der Waals surface area contributed by atoms with Gasteiger partial charge in [0.15, 0.2) is 0 Å². The number of ether oxygens (including phenoxy) is 1. The summed E-state index contributed by atoms with van der Waals surface area (Å²) < 4.78 is 5.46. The van der Waals surface area contributed by atoms with Gasteiger partial charge in [-0.25, -0.2) is 0 Å². The Morgan fingerprint density at radius 2 is 2.04 bits per heavy atom. The number of rotatable bonds is 6. The summed E-state index contributed by atoms with van der Waals surface area (Å²) in [4.78, 5) is 18.3. The fourth-order valence-electron chi connectivity index (χ4n) is 3.53. The fraction of sp³-hybridized carbons (Fsp3) is 0.550. The van der Waals surface area contributed by atoms with Crippen molar-refractivity contribution in [1.82, 2.24) is 15.2 Å². The minimum absolute atomic E-state index is 0.0316. The van der Waals surface area contributed by atoms with E-state index >= 15 is 0 Å². The number of aryl methyl sites for hydroxylation is 1.